The van der Waals surface area contributed by atoms with Crippen LogP contribution in [0.25, 0.3) is 52.1 Å². The summed E-state index contributed by atoms with van der Waals surface area (Å²) < 4.78 is 5.07. The zero-order valence-electron chi connectivity index (χ0n) is 22.6. The molecule has 5 nitrogen and oxygen atoms in total. The molecule has 0 aliphatic rings. The lowest BCUT2D eigenvalue weighted by Crippen LogP contribution is -2.09. The van der Waals surface area contributed by atoms with Crippen molar-refractivity contribution < 1.29 is 0 Å². The Hall–Kier alpha value is -3.96. The zero-order chi connectivity index (χ0) is 28.9. The summed E-state index contributed by atoms with van der Waals surface area (Å²) in [5.74, 6) is 0.600. The molecule has 0 N–H and O–H groups in total. The first-order valence-electron chi connectivity index (χ1n) is 13.3. The van der Waals surface area contributed by atoms with Gasteiger partial charge in [0.1, 0.15) is 35.4 Å². The monoisotopic (exact) mass is 607 g/mol. The number of nitriles is 4. The Labute approximate surface area is 255 Å². The third-order valence-electron chi connectivity index (χ3n) is 6.99. The van der Waals surface area contributed by atoms with Crippen LogP contribution in [0.2, 0.25) is 0 Å². The summed E-state index contributed by atoms with van der Waals surface area (Å²) in [4.78, 5) is 6.42. The molecule has 5 aromatic rings. The van der Waals surface area contributed by atoms with E-state index < -0.39 is 0 Å². The molecule has 5 aromatic heterocycles. The molecule has 41 heavy (non-hydrogen) atoms. The van der Waals surface area contributed by atoms with Gasteiger partial charge >= 0.3 is 0 Å². The SMILES string of the molecule is CCCCC(CC)Cn1c2cc(-c3ccc(C=C(C#N)C#N)s3)sc2c2sc(-c3ccc(C=C(C#N)C#N)s3)cc21. The molecule has 5 heterocycles. The first-order chi connectivity index (χ1) is 20.0. The molecule has 0 saturated heterocycles. The summed E-state index contributed by atoms with van der Waals surface area (Å²) in [5.41, 5.74) is 2.73. The van der Waals surface area contributed by atoms with Gasteiger partial charge in [-0.15, -0.1) is 45.3 Å². The molecule has 0 aliphatic heterocycles. The van der Waals surface area contributed by atoms with Crippen LogP contribution in [0.4, 0.5) is 0 Å². The summed E-state index contributed by atoms with van der Waals surface area (Å²) in [7, 11) is 0. The smallest absolute Gasteiger partial charge is 0.131 e. The molecule has 0 bridgehead atoms. The minimum atomic E-state index is 0.107. The van der Waals surface area contributed by atoms with Crippen molar-refractivity contribution in [3.8, 4) is 43.8 Å². The Kier molecular flexibility index (Phi) is 8.84. The van der Waals surface area contributed by atoms with Crippen molar-refractivity contribution >= 4 is 77.9 Å². The number of thiophene rings is 4. The van der Waals surface area contributed by atoms with Gasteiger partial charge in [-0.2, -0.15) is 21.0 Å². The van der Waals surface area contributed by atoms with Crippen LogP contribution in [-0.4, -0.2) is 4.57 Å². The normalized spacial score (nSPS) is 11.5. The van der Waals surface area contributed by atoms with Crippen molar-refractivity contribution in [1.82, 2.24) is 4.57 Å². The third kappa shape index (κ3) is 5.91. The second kappa shape index (κ2) is 12.7. The zero-order valence-corrected chi connectivity index (χ0v) is 25.9. The Balaban J connectivity index is 1.60. The second-order valence-electron chi connectivity index (χ2n) is 9.64. The van der Waals surface area contributed by atoms with E-state index in [0.717, 1.165) is 32.5 Å². The van der Waals surface area contributed by atoms with Gasteiger partial charge in [0.05, 0.1) is 20.4 Å². The number of nitrogens with zero attached hydrogens (tertiary/aromatic N) is 5. The fourth-order valence-electron chi connectivity index (χ4n) is 4.82. The highest BCUT2D eigenvalue weighted by atomic mass is 32.1. The van der Waals surface area contributed by atoms with Gasteiger partial charge in [-0.25, -0.2) is 0 Å². The lowest BCUT2D eigenvalue weighted by Gasteiger charge is -2.16. The van der Waals surface area contributed by atoms with Gasteiger partial charge in [-0.3, -0.25) is 0 Å². The fraction of sp³-hybridized carbons (Fsp3) is 0.250. The predicted octanol–water partition coefficient (Wildman–Crippen LogP) is 10.5. The van der Waals surface area contributed by atoms with E-state index >= 15 is 0 Å². The summed E-state index contributed by atoms with van der Waals surface area (Å²) in [5, 5.41) is 36.6. The maximum absolute atomic E-state index is 9.14. The largest absolute Gasteiger partial charge is 0.339 e. The minimum Gasteiger partial charge on any atom is -0.339 e. The van der Waals surface area contributed by atoms with Crippen LogP contribution in [-0.2, 0) is 6.54 Å². The molecule has 0 fully saturated rings. The highest BCUT2D eigenvalue weighted by Gasteiger charge is 2.21. The topological polar surface area (TPSA) is 100 Å². The van der Waals surface area contributed by atoms with Gasteiger partial charge in [-0.05, 0) is 60.9 Å². The molecule has 0 radical (unpaired) electrons. The van der Waals surface area contributed by atoms with Crippen molar-refractivity contribution in [3.05, 3.63) is 57.3 Å². The number of rotatable bonds is 10. The van der Waals surface area contributed by atoms with Crippen molar-refractivity contribution in [1.29, 1.82) is 21.0 Å². The summed E-state index contributed by atoms with van der Waals surface area (Å²) in [6, 6.07) is 20.4. The van der Waals surface area contributed by atoms with Crippen molar-refractivity contribution in [2.24, 2.45) is 5.92 Å². The third-order valence-corrected chi connectivity index (χ3v) is 11.9. The van der Waals surface area contributed by atoms with Crippen LogP contribution < -0.4 is 0 Å². The molecule has 0 saturated carbocycles. The first kappa shape index (κ1) is 28.6. The van der Waals surface area contributed by atoms with Gasteiger partial charge < -0.3 is 4.57 Å². The van der Waals surface area contributed by atoms with Crippen molar-refractivity contribution in [2.45, 2.75) is 46.1 Å². The van der Waals surface area contributed by atoms with Crippen LogP contribution >= 0.6 is 45.3 Å². The highest BCUT2D eigenvalue weighted by molar-refractivity contribution is 7.32. The van der Waals surface area contributed by atoms with Crippen LogP contribution in [0.3, 0.4) is 0 Å². The van der Waals surface area contributed by atoms with Crippen LogP contribution in [0.5, 0.6) is 0 Å². The van der Waals surface area contributed by atoms with E-state index in [1.807, 2.05) is 36.4 Å². The number of unbranched alkanes of at least 4 members (excludes halogenated alkanes) is 1. The van der Waals surface area contributed by atoms with Crippen molar-refractivity contribution in [3.63, 3.8) is 0 Å². The van der Waals surface area contributed by atoms with E-state index in [0.29, 0.717) is 5.92 Å². The Morgan fingerprint density at radius 3 is 1.63 bits per heavy atom. The average molecular weight is 608 g/mol. The van der Waals surface area contributed by atoms with Crippen LogP contribution in [0, 0.1) is 51.2 Å². The number of allylic oxidation sites excluding steroid dienone is 2. The molecule has 202 valence electrons. The number of hydrogen-bond donors (Lipinski definition) is 0. The Morgan fingerprint density at radius 2 is 1.22 bits per heavy atom. The Morgan fingerprint density at radius 1 is 0.732 bits per heavy atom. The molecule has 1 atom stereocenters. The number of fused-ring (bicyclic) bond motifs is 3. The van der Waals surface area contributed by atoms with Gasteiger partial charge in [0, 0.05) is 35.8 Å². The minimum absolute atomic E-state index is 0.107. The van der Waals surface area contributed by atoms with Gasteiger partial charge in [0.2, 0.25) is 0 Å². The molecule has 0 aliphatic carbocycles. The summed E-state index contributed by atoms with van der Waals surface area (Å²) in [6.45, 7) is 5.50. The number of aromatic nitrogens is 1. The van der Waals surface area contributed by atoms with E-state index in [-0.39, 0.29) is 11.1 Å². The molecule has 9 heteroatoms. The average Bonchev–Trinajstić information content (AvgIpc) is 3.81. The maximum atomic E-state index is 9.14. The molecule has 0 spiro atoms. The molecule has 0 amide bonds. The van der Waals surface area contributed by atoms with E-state index in [4.69, 9.17) is 21.0 Å². The maximum Gasteiger partial charge on any atom is 0.131 e. The first-order valence-corrected chi connectivity index (χ1v) is 16.6. The molecular weight excluding hydrogens is 583 g/mol. The Bertz CT molecular complexity index is 1790. The molecule has 0 aromatic carbocycles. The number of hydrogen-bond acceptors (Lipinski definition) is 8. The molecule has 1 unspecified atom stereocenters. The summed E-state index contributed by atoms with van der Waals surface area (Å²) in [6.07, 6.45) is 8.06. The van der Waals surface area contributed by atoms with Gasteiger partial charge in [-0.1, -0.05) is 33.1 Å². The quantitative estimate of drug-likeness (QED) is 0.147. The highest BCUT2D eigenvalue weighted by Crippen LogP contribution is 2.47. The van der Waals surface area contributed by atoms with E-state index in [9.17, 15) is 0 Å². The van der Waals surface area contributed by atoms with Crippen LogP contribution in [0.15, 0.2) is 47.5 Å². The lowest BCUT2D eigenvalue weighted by molar-refractivity contribution is 0.401. The predicted molar refractivity (Wildman–Crippen MR) is 174 cm³/mol. The van der Waals surface area contributed by atoms with Gasteiger partial charge in [0.25, 0.3) is 0 Å². The molecule has 5 rings (SSSR count). The van der Waals surface area contributed by atoms with Crippen molar-refractivity contribution in [2.75, 3.05) is 0 Å². The second-order valence-corrected chi connectivity index (χ2v) is 14.0. The van der Waals surface area contributed by atoms with E-state index in [1.54, 1.807) is 57.5 Å². The fourth-order valence-corrected chi connectivity index (χ4v) is 9.36. The molecular formula is C32H25N5S4. The van der Waals surface area contributed by atoms with E-state index in [2.05, 4.69) is 42.7 Å². The van der Waals surface area contributed by atoms with Gasteiger partial charge in [0.15, 0.2) is 0 Å². The van der Waals surface area contributed by atoms with Crippen LogP contribution in [0.1, 0.15) is 49.3 Å². The summed E-state index contributed by atoms with van der Waals surface area (Å²) >= 11 is 6.78. The van der Waals surface area contributed by atoms with E-state index in [1.165, 1.54) is 49.5 Å². The lowest BCUT2D eigenvalue weighted by atomic mass is 9.99. The standard InChI is InChI=1S/C32H25N5S4/c1-3-5-6-20(4-2)19-37-25-13-29(27-9-7-23(38-27)11-21(15-33)16-34)40-31(25)32-26(37)14-30(41-32)28-10-8-24(39-28)12-22(17-35)18-36/h7-14,20H,3-6,19H2,1-2H3.